The van der Waals surface area contributed by atoms with E-state index >= 15 is 0 Å². The van der Waals surface area contributed by atoms with Crippen molar-refractivity contribution in [3.8, 4) is 0 Å². The maximum atomic E-state index is 13.0. The van der Waals surface area contributed by atoms with Crippen molar-refractivity contribution in [2.24, 2.45) is 0 Å². The molecule has 1 aliphatic heterocycles. The van der Waals surface area contributed by atoms with Crippen molar-refractivity contribution < 1.29 is 14.3 Å². The summed E-state index contributed by atoms with van der Waals surface area (Å²) in [5.74, 6) is 0.457. The maximum Gasteiger partial charge on any atom is 0.289 e. The largest absolute Gasteiger partial charge is 0.450 e. The summed E-state index contributed by atoms with van der Waals surface area (Å²) in [7, 11) is 0. The molecule has 2 atom stereocenters. The fourth-order valence-corrected chi connectivity index (χ4v) is 4.34. The highest BCUT2D eigenvalue weighted by Gasteiger charge is 2.34. The number of rotatable bonds is 2. The number of carbonyl (C=O) groups excluding carboxylic acids is 1. The van der Waals surface area contributed by atoms with Gasteiger partial charge in [0.2, 0.25) is 0 Å². The maximum absolute atomic E-state index is 13.0. The second-order valence-electron chi connectivity index (χ2n) is 7.40. The van der Waals surface area contributed by atoms with Crippen LogP contribution in [0.4, 0.5) is 0 Å². The predicted octanol–water partition coefficient (Wildman–Crippen LogP) is 2.72. The lowest BCUT2D eigenvalue weighted by molar-refractivity contribution is 0.0302. The van der Waals surface area contributed by atoms with Gasteiger partial charge >= 0.3 is 0 Å². The van der Waals surface area contributed by atoms with Crippen molar-refractivity contribution in [2.45, 2.75) is 45.3 Å². The molecular weight excluding hydrogens is 316 g/mol. The number of hydrogen-bond donors (Lipinski definition) is 1. The van der Waals surface area contributed by atoms with Crippen LogP contribution in [0.3, 0.4) is 0 Å². The van der Waals surface area contributed by atoms with Gasteiger partial charge in [-0.05, 0) is 38.7 Å². The van der Waals surface area contributed by atoms with Gasteiger partial charge in [0.1, 0.15) is 5.58 Å². The molecule has 2 heterocycles. The third-order valence-corrected chi connectivity index (χ3v) is 5.87. The van der Waals surface area contributed by atoms with Crippen LogP contribution in [0.2, 0.25) is 0 Å². The second-order valence-corrected chi connectivity index (χ2v) is 7.40. The van der Waals surface area contributed by atoms with Gasteiger partial charge in [0.15, 0.2) is 5.76 Å². The number of amides is 1. The van der Waals surface area contributed by atoms with E-state index in [2.05, 4.69) is 4.90 Å². The van der Waals surface area contributed by atoms with Gasteiger partial charge in [0.05, 0.1) is 6.10 Å². The van der Waals surface area contributed by atoms with E-state index in [1.807, 2.05) is 36.9 Å². The van der Waals surface area contributed by atoms with Crippen LogP contribution in [0.1, 0.15) is 40.9 Å². The molecule has 0 unspecified atom stereocenters. The zero-order chi connectivity index (χ0) is 17.6. The van der Waals surface area contributed by atoms with Crippen LogP contribution in [0.15, 0.2) is 22.6 Å². The Morgan fingerprint density at radius 3 is 2.56 bits per heavy atom. The Morgan fingerprint density at radius 1 is 1.16 bits per heavy atom. The zero-order valence-corrected chi connectivity index (χ0v) is 15.0. The Kier molecular flexibility index (Phi) is 4.29. The third-order valence-electron chi connectivity index (χ3n) is 5.87. The normalized spacial score (nSPS) is 25.0. The minimum atomic E-state index is -0.206. The van der Waals surface area contributed by atoms with Crippen molar-refractivity contribution in [1.29, 1.82) is 0 Å². The summed E-state index contributed by atoms with van der Waals surface area (Å²) < 4.78 is 5.94. The van der Waals surface area contributed by atoms with Crippen molar-refractivity contribution in [1.82, 2.24) is 9.80 Å². The molecule has 0 bridgehead atoms. The molecule has 1 N–H and O–H groups in total. The van der Waals surface area contributed by atoms with Crippen molar-refractivity contribution in [2.75, 3.05) is 26.2 Å². The average molecular weight is 342 g/mol. The van der Waals surface area contributed by atoms with Crippen LogP contribution >= 0.6 is 0 Å². The lowest BCUT2D eigenvalue weighted by Gasteiger charge is -2.38. The third kappa shape index (κ3) is 2.85. The number of fused-ring (bicyclic) bond motifs is 1. The van der Waals surface area contributed by atoms with E-state index in [4.69, 9.17) is 4.42 Å². The smallest absolute Gasteiger partial charge is 0.289 e. The number of furan rings is 1. The number of aryl methyl sites for hydroxylation is 2. The van der Waals surface area contributed by atoms with Gasteiger partial charge in [0, 0.05) is 43.2 Å². The van der Waals surface area contributed by atoms with Gasteiger partial charge < -0.3 is 14.4 Å². The fraction of sp³-hybridized carbons (Fsp3) is 0.550. The molecule has 2 aliphatic rings. The van der Waals surface area contributed by atoms with E-state index in [-0.39, 0.29) is 18.1 Å². The SMILES string of the molecule is Cc1c(C(=O)N2CCN([C@H]3CCC[C@H]3O)CC2)oc2c(C)cccc12. The van der Waals surface area contributed by atoms with Crippen LogP contribution in [-0.4, -0.2) is 59.1 Å². The molecule has 1 aliphatic carbocycles. The number of hydrogen-bond acceptors (Lipinski definition) is 4. The Bertz CT molecular complexity index is 790. The molecule has 5 heteroatoms. The monoisotopic (exact) mass is 342 g/mol. The number of carbonyl (C=O) groups is 1. The summed E-state index contributed by atoms with van der Waals surface area (Å²) in [6.45, 7) is 7.00. The fourth-order valence-electron chi connectivity index (χ4n) is 4.34. The highest BCUT2D eigenvalue weighted by Crippen LogP contribution is 2.29. The minimum Gasteiger partial charge on any atom is -0.450 e. The van der Waals surface area contributed by atoms with Gasteiger partial charge in [-0.25, -0.2) is 0 Å². The molecule has 0 radical (unpaired) electrons. The molecule has 1 aromatic heterocycles. The first-order chi connectivity index (χ1) is 12.1. The van der Waals surface area contributed by atoms with E-state index in [1.165, 1.54) is 0 Å². The number of aliphatic hydroxyl groups excluding tert-OH is 1. The van der Waals surface area contributed by atoms with Crippen molar-refractivity contribution >= 4 is 16.9 Å². The summed E-state index contributed by atoms with van der Waals surface area (Å²) in [5, 5.41) is 11.1. The average Bonchev–Trinajstić information content (AvgIpc) is 3.19. The summed E-state index contributed by atoms with van der Waals surface area (Å²) in [4.78, 5) is 17.2. The Balaban J connectivity index is 1.49. The summed E-state index contributed by atoms with van der Waals surface area (Å²) in [6, 6.07) is 6.29. The summed E-state index contributed by atoms with van der Waals surface area (Å²) in [5.41, 5.74) is 2.80. The molecule has 0 spiro atoms. The molecular formula is C20H26N2O3. The molecule has 1 amide bonds. The van der Waals surface area contributed by atoms with E-state index in [1.54, 1.807) is 0 Å². The topological polar surface area (TPSA) is 56.9 Å². The van der Waals surface area contributed by atoms with Crippen LogP contribution in [0.5, 0.6) is 0 Å². The standard InChI is InChI=1S/C20H26N2O3/c1-13-5-3-6-15-14(2)19(25-18(13)15)20(24)22-11-9-21(10-12-22)16-7-4-8-17(16)23/h3,5-6,16-17,23H,4,7-12H2,1-2H3/t16-,17+/m0/s1. The van der Waals surface area contributed by atoms with Gasteiger partial charge in [-0.1, -0.05) is 18.2 Å². The van der Waals surface area contributed by atoms with E-state index in [0.29, 0.717) is 18.8 Å². The summed E-state index contributed by atoms with van der Waals surface area (Å²) >= 11 is 0. The number of benzene rings is 1. The molecule has 5 nitrogen and oxygen atoms in total. The van der Waals surface area contributed by atoms with Crippen molar-refractivity contribution in [3.63, 3.8) is 0 Å². The second kappa shape index (κ2) is 6.46. The number of piperazine rings is 1. The molecule has 2 aromatic rings. The highest BCUT2D eigenvalue weighted by atomic mass is 16.3. The lowest BCUT2D eigenvalue weighted by atomic mass is 10.1. The summed E-state index contributed by atoms with van der Waals surface area (Å²) in [6.07, 6.45) is 2.86. The first-order valence-electron chi connectivity index (χ1n) is 9.26. The van der Waals surface area contributed by atoms with E-state index in [9.17, 15) is 9.90 Å². The quantitative estimate of drug-likeness (QED) is 0.912. The lowest BCUT2D eigenvalue weighted by Crippen LogP contribution is -2.53. The van der Waals surface area contributed by atoms with Gasteiger partial charge in [-0.15, -0.1) is 0 Å². The van der Waals surface area contributed by atoms with Crippen LogP contribution < -0.4 is 0 Å². The highest BCUT2D eigenvalue weighted by molar-refractivity contribution is 5.99. The first kappa shape index (κ1) is 16.6. The molecule has 134 valence electrons. The molecule has 2 fully saturated rings. The van der Waals surface area contributed by atoms with Gasteiger partial charge in [0.25, 0.3) is 5.91 Å². The first-order valence-corrected chi connectivity index (χ1v) is 9.26. The Hall–Kier alpha value is -1.85. The van der Waals surface area contributed by atoms with Crippen LogP contribution in [0, 0.1) is 13.8 Å². The molecule has 1 aromatic carbocycles. The molecule has 4 rings (SSSR count). The number of para-hydroxylation sites is 1. The molecule has 25 heavy (non-hydrogen) atoms. The minimum absolute atomic E-state index is 0.0141. The van der Waals surface area contributed by atoms with Gasteiger partial charge in [-0.3, -0.25) is 9.69 Å². The Morgan fingerprint density at radius 2 is 1.92 bits per heavy atom. The predicted molar refractivity (Wildman–Crippen MR) is 96.8 cm³/mol. The van der Waals surface area contributed by atoms with E-state index < -0.39 is 0 Å². The van der Waals surface area contributed by atoms with Gasteiger partial charge in [-0.2, -0.15) is 0 Å². The van der Waals surface area contributed by atoms with E-state index in [0.717, 1.165) is 54.4 Å². The number of aliphatic hydroxyl groups is 1. The zero-order valence-electron chi connectivity index (χ0n) is 15.0. The molecule has 1 saturated heterocycles. The number of nitrogens with zero attached hydrogens (tertiary/aromatic N) is 2. The Labute approximate surface area is 148 Å². The van der Waals surface area contributed by atoms with Crippen LogP contribution in [-0.2, 0) is 0 Å². The van der Waals surface area contributed by atoms with Crippen LogP contribution in [0.25, 0.3) is 11.0 Å². The molecule has 1 saturated carbocycles. The van der Waals surface area contributed by atoms with Crippen molar-refractivity contribution in [3.05, 3.63) is 35.1 Å².